The molecule has 0 aliphatic heterocycles. The molecule has 2 N–H and O–H groups in total. The Morgan fingerprint density at radius 3 is 2.73 bits per heavy atom. The Hall–Kier alpha value is -1.42. The summed E-state index contributed by atoms with van der Waals surface area (Å²) in [6, 6.07) is 7.48. The lowest BCUT2D eigenvalue weighted by Gasteiger charge is -2.07. The molecule has 0 amide bonds. The highest BCUT2D eigenvalue weighted by molar-refractivity contribution is 5.83. The molecule has 0 spiro atoms. The van der Waals surface area contributed by atoms with Gasteiger partial charge >= 0.3 is 0 Å². The number of hydrogen-bond acceptors (Lipinski definition) is 1. The van der Waals surface area contributed by atoms with Gasteiger partial charge in [-0.25, -0.2) is 8.78 Å². The molecule has 2 rings (SSSR count). The summed E-state index contributed by atoms with van der Waals surface area (Å²) in [6.45, 7) is 0.0884. The average molecular weight is 210 g/mol. The summed E-state index contributed by atoms with van der Waals surface area (Å²) >= 11 is 0. The summed E-state index contributed by atoms with van der Waals surface area (Å²) in [5.74, 6) is 0. The first kappa shape index (κ1) is 10.1. The van der Waals surface area contributed by atoms with E-state index in [0.717, 1.165) is 16.5 Å². The predicted octanol–water partition coefficient (Wildman–Crippen LogP) is 2.37. The molecule has 4 heteroatoms. The van der Waals surface area contributed by atoms with Gasteiger partial charge in [-0.1, -0.05) is 18.2 Å². The molecule has 0 fully saturated rings. The van der Waals surface area contributed by atoms with E-state index in [1.54, 1.807) is 10.8 Å². The van der Waals surface area contributed by atoms with Gasteiger partial charge in [0.2, 0.25) is 0 Å². The number of nitrogens with zero attached hydrogens (tertiary/aromatic N) is 1. The topological polar surface area (TPSA) is 30.9 Å². The van der Waals surface area contributed by atoms with E-state index in [1.807, 2.05) is 24.3 Å². The minimum atomic E-state index is -2.34. The van der Waals surface area contributed by atoms with Crippen molar-refractivity contribution < 1.29 is 8.78 Å². The molecule has 0 radical (unpaired) electrons. The minimum Gasteiger partial charge on any atom is -0.341 e. The van der Waals surface area contributed by atoms with Gasteiger partial charge in [-0.15, -0.1) is 0 Å². The lowest BCUT2D eigenvalue weighted by atomic mass is 10.1. The molecule has 1 heterocycles. The van der Waals surface area contributed by atoms with Crippen molar-refractivity contribution >= 4 is 10.9 Å². The van der Waals surface area contributed by atoms with Gasteiger partial charge in [0.1, 0.15) is 0 Å². The maximum absolute atomic E-state index is 12.3. The first-order chi connectivity index (χ1) is 7.22. The first-order valence-corrected chi connectivity index (χ1v) is 4.77. The molecule has 80 valence electrons. The Kier molecular flexibility index (Phi) is 2.68. The molecule has 1 aromatic carbocycles. The van der Waals surface area contributed by atoms with Crippen molar-refractivity contribution in [3.63, 3.8) is 0 Å². The van der Waals surface area contributed by atoms with Gasteiger partial charge in [-0.3, -0.25) is 0 Å². The van der Waals surface area contributed by atoms with Crippen LogP contribution in [0.4, 0.5) is 8.78 Å². The fourth-order valence-electron chi connectivity index (χ4n) is 1.81. The third kappa shape index (κ3) is 1.85. The van der Waals surface area contributed by atoms with Crippen LogP contribution in [0.1, 0.15) is 5.56 Å². The van der Waals surface area contributed by atoms with E-state index >= 15 is 0 Å². The van der Waals surface area contributed by atoms with Crippen LogP contribution in [0.3, 0.4) is 0 Å². The van der Waals surface area contributed by atoms with Crippen LogP contribution >= 0.6 is 0 Å². The lowest BCUT2D eigenvalue weighted by Crippen LogP contribution is -2.07. The minimum absolute atomic E-state index is 0.277. The van der Waals surface area contributed by atoms with Crippen LogP contribution < -0.4 is 5.73 Å². The van der Waals surface area contributed by atoms with Crippen molar-refractivity contribution in [1.82, 2.24) is 4.57 Å². The molecule has 0 atom stereocenters. The Balaban J connectivity index is 2.55. The highest BCUT2D eigenvalue weighted by Crippen LogP contribution is 2.20. The molecule has 0 bridgehead atoms. The molecule has 15 heavy (non-hydrogen) atoms. The number of rotatable bonds is 3. The number of aromatic nitrogens is 1. The number of halogens is 2. The highest BCUT2D eigenvalue weighted by Gasteiger charge is 2.09. The summed E-state index contributed by atoms with van der Waals surface area (Å²) in [6.07, 6.45) is -0.665. The summed E-state index contributed by atoms with van der Waals surface area (Å²) in [7, 11) is 0. The molecule has 0 saturated heterocycles. The zero-order valence-electron chi connectivity index (χ0n) is 8.16. The van der Waals surface area contributed by atoms with Gasteiger partial charge in [-0.05, 0) is 17.0 Å². The van der Waals surface area contributed by atoms with Crippen molar-refractivity contribution in [1.29, 1.82) is 0 Å². The monoisotopic (exact) mass is 210 g/mol. The maximum Gasteiger partial charge on any atom is 0.256 e. The quantitative estimate of drug-likeness (QED) is 0.828. The SMILES string of the molecule is NCc1cccc2ccn(CC(F)F)c12. The smallest absolute Gasteiger partial charge is 0.256 e. The third-order valence-corrected chi connectivity index (χ3v) is 2.43. The second-order valence-electron chi connectivity index (χ2n) is 3.42. The van der Waals surface area contributed by atoms with Crippen LogP contribution in [-0.4, -0.2) is 11.0 Å². The fraction of sp³-hybridized carbons (Fsp3) is 0.273. The Bertz CT molecular complexity index is 463. The first-order valence-electron chi connectivity index (χ1n) is 4.77. The molecule has 0 aliphatic carbocycles. The van der Waals surface area contributed by atoms with E-state index in [2.05, 4.69) is 0 Å². The lowest BCUT2D eigenvalue weighted by molar-refractivity contribution is 0.128. The zero-order valence-corrected chi connectivity index (χ0v) is 8.16. The summed E-state index contributed by atoms with van der Waals surface area (Å²) in [4.78, 5) is 0. The van der Waals surface area contributed by atoms with Gasteiger partial charge in [0.05, 0.1) is 12.1 Å². The predicted molar refractivity (Wildman–Crippen MR) is 55.8 cm³/mol. The number of alkyl halides is 2. The Morgan fingerprint density at radius 1 is 1.27 bits per heavy atom. The van der Waals surface area contributed by atoms with Crippen LogP contribution in [0.5, 0.6) is 0 Å². The molecule has 2 nitrogen and oxygen atoms in total. The van der Waals surface area contributed by atoms with Crippen LogP contribution in [0.2, 0.25) is 0 Å². The zero-order chi connectivity index (χ0) is 10.8. The van der Waals surface area contributed by atoms with E-state index in [0.29, 0.717) is 6.54 Å². The normalized spacial score (nSPS) is 11.5. The van der Waals surface area contributed by atoms with E-state index in [9.17, 15) is 8.78 Å². The summed E-state index contributed by atoms with van der Waals surface area (Å²) < 4.78 is 26.2. The van der Waals surface area contributed by atoms with Crippen molar-refractivity contribution in [2.24, 2.45) is 5.73 Å². The van der Waals surface area contributed by atoms with E-state index in [4.69, 9.17) is 5.73 Å². The van der Waals surface area contributed by atoms with E-state index in [-0.39, 0.29) is 6.54 Å². The van der Waals surface area contributed by atoms with Gasteiger partial charge in [0.25, 0.3) is 6.43 Å². The van der Waals surface area contributed by atoms with Crippen molar-refractivity contribution in [3.8, 4) is 0 Å². The highest BCUT2D eigenvalue weighted by atomic mass is 19.3. The number of para-hydroxylation sites is 1. The van der Waals surface area contributed by atoms with E-state index < -0.39 is 6.43 Å². The summed E-state index contributed by atoms with van der Waals surface area (Å²) in [5, 5.41) is 0.957. The maximum atomic E-state index is 12.3. The van der Waals surface area contributed by atoms with Gasteiger partial charge in [0.15, 0.2) is 0 Å². The fourth-order valence-corrected chi connectivity index (χ4v) is 1.81. The van der Waals surface area contributed by atoms with Crippen LogP contribution in [0.25, 0.3) is 10.9 Å². The standard InChI is InChI=1S/C11H12F2N2/c12-10(13)7-15-5-4-8-2-1-3-9(6-14)11(8)15/h1-5,10H,6-7,14H2. The second kappa shape index (κ2) is 3.98. The van der Waals surface area contributed by atoms with E-state index in [1.165, 1.54) is 0 Å². The Morgan fingerprint density at radius 2 is 2.07 bits per heavy atom. The van der Waals surface area contributed by atoms with Crippen LogP contribution in [0, 0.1) is 0 Å². The molecule has 0 saturated carbocycles. The second-order valence-corrected chi connectivity index (χ2v) is 3.42. The molecule has 0 aliphatic rings. The van der Waals surface area contributed by atoms with Gasteiger partial charge < -0.3 is 10.3 Å². The van der Waals surface area contributed by atoms with Crippen molar-refractivity contribution in [2.75, 3.05) is 0 Å². The third-order valence-electron chi connectivity index (χ3n) is 2.43. The largest absolute Gasteiger partial charge is 0.341 e. The molecular formula is C11H12F2N2. The number of nitrogens with two attached hydrogens (primary N) is 1. The van der Waals surface area contributed by atoms with Crippen molar-refractivity contribution in [2.45, 2.75) is 19.5 Å². The number of benzene rings is 1. The molecule has 2 aromatic rings. The van der Waals surface area contributed by atoms with Crippen LogP contribution in [0.15, 0.2) is 30.5 Å². The van der Waals surface area contributed by atoms with Crippen LogP contribution in [-0.2, 0) is 13.1 Å². The van der Waals surface area contributed by atoms with Gasteiger partial charge in [0, 0.05) is 12.7 Å². The van der Waals surface area contributed by atoms with Crippen molar-refractivity contribution in [3.05, 3.63) is 36.0 Å². The molecular weight excluding hydrogens is 198 g/mol. The average Bonchev–Trinajstić information content (AvgIpc) is 2.61. The Labute approximate surface area is 86.3 Å². The van der Waals surface area contributed by atoms with Gasteiger partial charge in [-0.2, -0.15) is 0 Å². The molecule has 1 aromatic heterocycles. The number of hydrogen-bond donors (Lipinski definition) is 1. The number of fused-ring (bicyclic) bond motifs is 1. The molecule has 0 unspecified atom stereocenters. The summed E-state index contributed by atoms with van der Waals surface area (Å²) in [5.41, 5.74) is 7.29.